The zero-order valence-corrected chi connectivity index (χ0v) is 14.5. The van der Waals surface area contributed by atoms with Crippen LogP contribution in [-0.2, 0) is 11.3 Å². The highest BCUT2D eigenvalue weighted by atomic mass is 19.1. The van der Waals surface area contributed by atoms with E-state index in [2.05, 4.69) is 15.5 Å². The minimum Gasteiger partial charge on any atom is -0.360 e. The average molecular weight is 370 g/mol. The Bertz CT molecular complexity index is 1020. The van der Waals surface area contributed by atoms with Crippen LogP contribution in [0.25, 0.3) is 11.4 Å². The van der Waals surface area contributed by atoms with Crippen molar-refractivity contribution in [3.63, 3.8) is 0 Å². The topological polar surface area (TPSA) is 71.3 Å². The first-order valence-corrected chi connectivity index (χ1v) is 8.43. The fourth-order valence-electron chi connectivity index (χ4n) is 3.00. The molecule has 1 aliphatic rings. The quantitative estimate of drug-likeness (QED) is 0.762. The summed E-state index contributed by atoms with van der Waals surface area (Å²) in [5, 5.41) is 6.65. The van der Waals surface area contributed by atoms with E-state index in [9.17, 15) is 13.6 Å². The van der Waals surface area contributed by atoms with Crippen LogP contribution in [0.4, 0.5) is 20.2 Å². The van der Waals surface area contributed by atoms with Gasteiger partial charge in [-0.25, -0.2) is 8.78 Å². The first-order valence-electron chi connectivity index (χ1n) is 8.43. The van der Waals surface area contributed by atoms with Gasteiger partial charge in [0.2, 0.25) is 17.6 Å². The maximum atomic E-state index is 13.5. The smallest absolute Gasteiger partial charge is 0.246 e. The molecule has 4 rings (SSSR count). The lowest BCUT2D eigenvalue weighted by Crippen LogP contribution is -2.24. The minimum absolute atomic E-state index is 0.183. The Morgan fingerprint density at radius 2 is 2.07 bits per heavy atom. The number of nitrogens with one attached hydrogen (secondary N) is 1. The summed E-state index contributed by atoms with van der Waals surface area (Å²) in [6.07, 6.45) is 0.258. The van der Waals surface area contributed by atoms with Crippen LogP contribution < -0.4 is 10.2 Å². The van der Waals surface area contributed by atoms with Crippen molar-refractivity contribution < 1.29 is 18.1 Å². The highest BCUT2D eigenvalue weighted by Gasteiger charge is 2.22. The molecular weight excluding hydrogens is 354 g/mol. The number of nitrogens with zero attached hydrogens (tertiary/aromatic N) is 3. The van der Waals surface area contributed by atoms with Gasteiger partial charge in [-0.1, -0.05) is 5.16 Å². The number of fused-ring (bicyclic) bond motifs is 1. The van der Waals surface area contributed by atoms with Gasteiger partial charge in [0.25, 0.3) is 0 Å². The third-order valence-electron chi connectivity index (χ3n) is 4.39. The number of aryl methyl sites for hydroxylation is 1. The molecule has 0 saturated heterocycles. The van der Waals surface area contributed by atoms with E-state index in [0.717, 1.165) is 0 Å². The van der Waals surface area contributed by atoms with Crippen LogP contribution in [0.5, 0.6) is 0 Å². The molecule has 2 aromatic carbocycles. The Balaban J connectivity index is 1.60. The summed E-state index contributed by atoms with van der Waals surface area (Å²) in [7, 11) is 0. The lowest BCUT2D eigenvalue weighted by atomic mass is 10.1. The van der Waals surface area contributed by atoms with Gasteiger partial charge in [-0.15, -0.1) is 0 Å². The third-order valence-corrected chi connectivity index (χ3v) is 4.39. The van der Waals surface area contributed by atoms with Crippen LogP contribution in [-0.4, -0.2) is 22.6 Å². The number of amides is 1. The molecular formula is C19H16F2N4O2. The second-order valence-corrected chi connectivity index (χ2v) is 6.36. The van der Waals surface area contributed by atoms with Crippen LogP contribution in [0.2, 0.25) is 0 Å². The molecule has 2 heterocycles. The summed E-state index contributed by atoms with van der Waals surface area (Å²) >= 11 is 0. The van der Waals surface area contributed by atoms with Crippen molar-refractivity contribution >= 4 is 17.3 Å². The zero-order chi connectivity index (χ0) is 19.0. The van der Waals surface area contributed by atoms with Gasteiger partial charge >= 0.3 is 0 Å². The Labute approximate surface area is 153 Å². The van der Waals surface area contributed by atoms with Gasteiger partial charge in [-0.3, -0.25) is 4.79 Å². The molecule has 138 valence electrons. The number of hydrogen-bond acceptors (Lipinski definition) is 5. The highest BCUT2D eigenvalue weighted by molar-refractivity contribution is 5.96. The molecule has 0 saturated carbocycles. The third kappa shape index (κ3) is 3.51. The summed E-state index contributed by atoms with van der Waals surface area (Å²) in [4.78, 5) is 18.1. The van der Waals surface area contributed by atoms with Crippen LogP contribution >= 0.6 is 0 Å². The number of benzene rings is 2. The molecule has 0 unspecified atom stereocenters. The van der Waals surface area contributed by atoms with E-state index in [1.807, 2.05) is 4.90 Å². The molecule has 6 nitrogen and oxygen atoms in total. The Kier molecular flexibility index (Phi) is 4.31. The first kappa shape index (κ1) is 17.1. The molecule has 1 aliphatic heterocycles. The second-order valence-electron chi connectivity index (χ2n) is 6.36. The number of anilines is 2. The zero-order valence-electron chi connectivity index (χ0n) is 14.5. The summed E-state index contributed by atoms with van der Waals surface area (Å²) in [6.45, 7) is 2.36. The summed E-state index contributed by atoms with van der Waals surface area (Å²) in [6, 6.07) is 8.82. The maximum absolute atomic E-state index is 13.5. The lowest BCUT2D eigenvalue weighted by molar-refractivity contribution is -0.115. The van der Waals surface area contributed by atoms with Crippen molar-refractivity contribution in [2.75, 3.05) is 16.8 Å². The van der Waals surface area contributed by atoms with Crippen LogP contribution in [0.1, 0.15) is 17.9 Å². The molecule has 27 heavy (non-hydrogen) atoms. The second kappa shape index (κ2) is 6.79. The van der Waals surface area contributed by atoms with Crippen molar-refractivity contribution in [1.82, 2.24) is 10.1 Å². The summed E-state index contributed by atoms with van der Waals surface area (Å²) in [5.41, 5.74) is 2.23. The molecule has 1 amide bonds. The normalized spacial score (nSPS) is 13.9. The van der Waals surface area contributed by atoms with E-state index in [1.54, 1.807) is 25.1 Å². The standard InChI is InChI=1S/C19H16F2N4O2/c1-11-8-12(2-4-14(11)21)19-23-18(27-24-19)10-25-7-6-17(26)22-15-9-13(20)3-5-16(15)25/h2-5,8-9H,6-7,10H2,1H3,(H,22,26). The van der Waals surface area contributed by atoms with E-state index in [-0.39, 0.29) is 24.7 Å². The molecule has 0 aliphatic carbocycles. The van der Waals surface area contributed by atoms with Gasteiger partial charge in [0, 0.05) is 18.5 Å². The molecule has 0 atom stereocenters. The maximum Gasteiger partial charge on any atom is 0.246 e. The largest absolute Gasteiger partial charge is 0.360 e. The van der Waals surface area contributed by atoms with Crippen molar-refractivity contribution in [2.24, 2.45) is 0 Å². The van der Waals surface area contributed by atoms with Crippen LogP contribution in [0.15, 0.2) is 40.9 Å². The van der Waals surface area contributed by atoms with Gasteiger partial charge < -0.3 is 14.7 Å². The molecule has 0 fully saturated rings. The monoisotopic (exact) mass is 370 g/mol. The number of rotatable bonds is 3. The number of aromatic nitrogens is 2. The van der Waals surface area contributed by atoms with Gasteiger partial charge in [0.1, 0.15) is 11.6 Å². The molecule has 8 heteroatoms. The van der Waals surface area contributed by atoms with E-state index in [0.29, 0.717) is 40.8 Å². The Morgan fingerprint density at radius 1 is 1.22 bits per heavy atom. The number of halogens is 2. The van der Waals surface area contributed by atoms with Crippen molar-refractivity contribution in [3.8, 4) is 11.4 Å². The van der Waals surface area contributed by atoms with Crippen molar-refractivity contribution in [3.05, 3.63) is 59.5 Å². The predicted octanol–water partition coefficient (Wildman–Crippen LogP) is 3.67. The summed E-state index contributed by atoms with van der Waals surface area (Å²) < 4.78 is 32.3. The van der Waals surface area contributed by atoms with Crippen LogP contribution in [0, 0.1) is 18.6 Å². The fraction of sp³-hybridized carbons (Fsp3) is 0.211. The van der Waals surface area contributed by atoms with E-state index < -0.39 is 5.82 Å². The average Bonchev–Trinajstić information content (AvgIpc) is 3.04. The Morgan fingerprint density at radius 3 is 2.89 bits per heavy atom. The highest BCUT2D eigenvalue weighted by Crippen LogP contribution is 2.31. The molecule has 1 N–H and O–H groups in total. The SMILES string of the molecule is Cc1cc(-c2noc(CN3CCC(=O)Nc4cc(F)ccc43)n2)ccc1F. The van der Waals surface area contributed by atoms with Crippen molar-refractivity contribution in [2.45, 2.75) is 19.9 Å². The first-order chi connectivity index (χ1) is 13.0. The van der Waals surface area contributed by atoms with E-state index in [1.165, 1.54) is 18.2 Å². The van der Waals surface area contributed by atoms with E-state index in [4.69, 9.17) is 4.52 Å². The molecule has 0 spiro atoms. The number of hydrogen-bond donors (Lipinski definition) is 1. The molecule has 0 bridgehead atoms. The van der Waals surface area contributed by atoms with Crippen LogP contribution in [0.3, 0.4) is 0 Å². The molecule has 1 aromatic heterocycles. The van der Waals surface area contributed by atoms with Gasteiger partial charge in [-0.05, 0) is 48.9 Å². The van der Waals surface area contributed by atoms with Crippen molar-refractivity contribution in [1.29, 1.82) is 0 Å². The van der Waals surface area contributed by atoms with Gasteiger partial charge in [0.15, 0.2) is 0 Å². The number of carbonyl (C=O) groups is 1. The minimum atomic E-state index is -0.428. The van der Waals surface area contributed by atoms with Gasteiger partial charge in [0.05, 0.1) is 17.9 Å². The lowest BCUT2D eigenvalue weighted by Gasteiger charge is -2.22. The Hall–Kier alpha value is -3.29. The molecule has 3 aromatic rings. The van der Waals surface area contributed by atoms with Gasteiger partial charge in [-0.2, -0.15) is 4.98 Å². The number of carbonyl (C=O) groups excluding carboxylic acids is 1. The summed E-state index contributed by atoms with van der Waals surface area (Å²) in [5.74, 6) is -0.207. The fourth-order valence-corrected chi connectivity index (χ4v) is 3.00. The predicted molar refractivity (Wildman–Crippen MR) is 95.1 cm³/mol. The van der Waals surface area contributed by atoms with E-state index >= 15 is 0 Å². The molecule has 0 radical (unpaired) electrons.